The summed E-state index contributed by atoms with van der Waals surface area (Å²) in [5.74, 6) is 0. The number of fused-ring (bicyclic) bond motifs is 3. The number of aliphatic hydroxyl groups excluding tert-OH is 1. The number of halogens is 1. The minimum Gasteiger partial charge on any atom is -0.386 e. The van der Waals surface area contributed by atoms with E-state index in [-0.39, 0.29) is 12.1 Å². The van der Waals surface area contributed by atoms with E-state index in [1.807, 2.05) is 12.1 Å². The van der Waals surface area contributed by atoms with Gasteiger partial charge in [0.2, 0.25) is 0 Å². The highest BCUT2D eigenvalue weighted by Crippen LogP contribution is 2.30. The largest absolute Gasteiger partial charge is 0.386 e. The molecule has 0 aliphatic carbocycles. The fourth-order valence-corrected chi connectivity index (χ4v) is 4.52. The lowest BCUT2D eigenvalue weighted by Crippen LogP contribution is -2.26. The molecule has 2 aromatic heterocycles. The lowest BCUT2D eigenvalue weighted by Gasteiger charge is -2.15. The van der Waals surface area contributed by atoms with Crippen molar-refractivity contribution in [2.24, 2.45) is 0 Å². The molecule has 2 N–H and O–H groups in total. The van der Waals surface area contributed by atoms with Gasteiger partial charge in [0, 0.05) is 22.0 Å². The first-order valence-corrected chi connectivity index (χ1v) is 8.97. The van der Waals surface area contributed by atoms with Crippen molar-refractivity contribution >= 4 is 33.2 Å². The van der Waals surface area contributed by atoms with Crippen molar-refractivity contribution in [3.05, 3.63) is 62.0 Å². The summed E-state index contributed by atoms with van der Waals surface area (Å²) >= 11 is 7.70. The summed E-state index contributed by atoms with van der Waals surface area (Å²) in [5, 5.41) is 15.0. The molecule has 0 spiro atoms. The molecule has 0 amide bonds. The molecular weight excluding hydrogens is 346 g/mol. The number of rotatable bonds is 3. The van der Waals surface area contributed by atoms with Gasteiger partial charge in [0.15, 0.2) is 0 Å². The Balaban J connectivity index is 1.74. The Hall–Kier alpha value is -1.73. The van der Waals surface area contributed by atoms with Gasteiger partial charge in [-0.05, 0) is 24.6 Å². The second-order valence-corrected chi connectivity index (χ2v) is 7.34. The first kappa shape index (κ1) is 15.8. The van der Waals surface area contributed by atoms with E-state index in [1.165, 1.54) is 15.8 Å². The predicted octanol–water partition coefficient (Wildman–Crippen LogP) is 2.49. The zero-order valence-electron chi connectivity index (χ0n) is 12.8. The Morgan fingerprint density at radius 1 is 1.42 bits per heavy atom. The molecule has 0 saturated carbocycles. The van der Waals surface area contributed by atoms with Gasteiger partial charge in [-0.25, -0.2) is 4.98 Å². The highest BCUT2D eigenvalue weighted by molar-refractivity contribution is 7.18. The van der Waals surface area contributed by atoms with Crippen LogP contribution in [0.15, 0.2) is 35.4 Å². The molecule has 1 aliphatic rings. The van der Waals surface area contributed by atoms with Crippen LogP contribution < -0.4 is 10.9 Å². The van der Waals surface area contributed by atoms with Crippen molar-refractivity contribution in [1.82, 2.24) is 14.9 Å². The van der Waals surface area contributed by atoms with E-state index in [0.29, 0.717) is 16.0 Å². The molecule has 124 valence electrons. The fraction of sp³-hybridized carbons (Fsp3) is 0.294. The van der Waals surface area contributed by atoms with Crippen molar-refractivity contribution in [1.29, 1.82) is 0 Å². The third-order valence-corrected chi connectivity index (χ3v) is 5.82. The predicted molar refractivity (Wildman–Crippen MR) is 95.7 cm³/mol. The third kappa shape index (κ3) is 2.65. The van der Waals surface area contributed by atoms with E-state index >= 15 is 0 Å². The zero-order chi connectivity index (χ0) is 16.7. The van der Waals surface area contributed by atoms with E-state index in [9.17, 15) is 9.90 Å². The molecular formula is C17H16ClN3O2S. The fourth-order valence-electron chi connectivity index (χ4n) is 3.11. The molecule has 0 fully saturated rings. The summed E-state index contributed by atoms with van der Waals surface area (Å²) < 4.78 is 1.48. The van der Waals surface area contributed by atoms with Crippen LogP contribution >= 0.6 is 22.9 Å². The maximum Gasteiger partial charge on any atom is 0.262 e. The number of aliphatic hydroxyl groups is 1. The second kappa shape index (κ2) is 6.29. The SMILES string of the molecule is O=c1c2c3c(sc2ncn1C[C@@H](O)c1ccccc1Cl)CNCC3. The molecule has 1 aliphatic heterocycles. The van der Waals surface area contributed by atoms with Gasteiger partial charge in [0.25, 0.3) is 5.56 Å². The minimum atomic E-state index is -0.855. The van der Waals surface area contributed by atoms with Gasteiger partial charge < -0.3 is 10.4 Å². The molecule has 0 unspecified atom stereocenters. The zero-order valence-corrected chi connectivity index (χ0v) is 14.4. The Morgan fingerprint density at radius 2 is 2.25 bits per heavy atom. The van der Waals surface area contributed by atoms with Crippen LogP contribution in [0.4, 0.5) is 0 Å². The van der Waals surface area contributed by atoms with Gasteiger partial charge in [-0.2, -0.15) is 0 Å². The van der Waals surface area contributed by atoms with Crippen molar-refractivity contribution in [3.8, 4) is 0 Å². The van der Waals surface area contributed by atoms with Crippen LogP contribution in [0.5, 0.6) is 0 Å². The number of hydrogen-bond acceptors (Lipinski definition) is 5. The van der Waals surface area contributed by atoms with Crippen molar-refractivity contribution in [3.63, 3.8) is 0 Å². The quantitative estimate of drug-likeness (QED) is 0.752. The number of aromatic nitrogens is 2. The van der Waals surface area contributed by atoms with Gasteiger partial charge in [-0.1, -0.05) is 29.8 Å². The normalized spacial score (nSPS) is 15.4. The van der Waals surface area contributed by atoms with E-state index in [0.717, 1.165) is 29.9 Å². The molecule has 1 aromatic carbocycles. The maximum absolute atomic E-state index is 12.9. The van der Waals surface area contributed by atoms with Gasteiger partial charge >= 0.3 is 0 Å². The van der Waals surface area contributed by atoms with E-state index in [2.05, 4.69) is 10.3 Å². The van der Waals surface area contributed by atoms with Crippen LogP contribution in [0, 0.1) is 0 Å². The van der Waals surface area contributed by atoms with E-state index in [4.69, 9.17) is 11.6 Å². The Kier molecular flexibility index (Phi) is 4.14. The van der Waals surface area contributed by atoms with Crippen LogP contribution in [-0.2, 0) is 19.5 Å². The number of thiophene rings is 1. The van der Waals surface area contributed by atoms with Gasteiger partial charge in [0.05, 0.1) is 24.4 Å². The highest BCUT2D eigenvalue weighted by atomic mass is 35.5. The first-order chi connectivity index (χ1) is 11.6. The van der Waals surface area contributed by atoms with Crippen LogP contribution in [0.1, 0.15) is 22.1 Å². The average molecular weight is 362 g/mol. The summed E-state index contributed by atoms with van der Waals surface area (Å²) in [5.41, 5.74) is 1.63. The number of hydrogen-bond donors (Lipinski definition) is 2. The molecule has 3 heterocycles. The monoisotopic (exact) mass is 361 g/mol. The van der Waals surface area contributed by atoms with Crippen LogP contribution in [0.25, 0.3) is 10.2 Å². The third-order valence-electron chi connectivity index (χ3n) is 4.33. The summed E-state index contributed by atoms with van der Waals surface area (Å²) in [6.07, 6.45) is 1.50. The van der Waals surface area contributed by atoms with Crippen LogP contribution in [-0.4, -0.2) is 21.2 Å². The second-order valence-electron chi connectivity index (χ2n) is 5.85. The van der Waals surface area contributed by atoms with Crippen molar-refractivity contribution in [2.75, 3.05) is 6.54 Å². The molecule has 4 rings (SSSR count). The summed E-state index contributed by atoms with van der Waals surface area (Å²) in [7, 11) is 0. The summed E-state index contributed by atoms with van der Waals surface area (Å²) in [6, 6.07) is 7.12. The van der Waals surface area contributed by atoms with Crippen molar-refractivity contribution < 1.29 is 5.11 Å². The van der Waals surface area contributed by atoms with Gasteiger partial charge in [0.1, 0.15) is 4.83 Å². The first-order valence-electron chi connectivity index (χ1n) is 7.78. The molecule has 24 heavy (non-hydrogen) atoms. The topological polar surface area (TPSA) is 67.2 Å². The van der Waals surface area contributed by atoms with E-state index < -0.39 is 6.10 Å². The molecule has 5 nitrogen and oxygen atoms in total. The van der Waals surface area contributed by atoms with E-state index in [1.54, 1.807) is 23.5 Å². The minimum absolute atomic E-state index is 0.0921. The average Bonchev–Trinajstić information content (AvgIpc) is 2.97. The Labute approximate surface area is 147 Å². The van der Waals surface area contributed by atoms with Crippen LogP contribution in [0.2, 0.25) is 5.02 Å². The smallest absolute Gasteiger partial charge is 0.262 e. The maximum atomic E-state index is 12.9. The molecule has 0 saturated heterocycles. The standard InChI is InChI=1S/C17H16ClN3O2S/c18-12-4-2-1-3-10(12)13(22)8-21-9-20-16-15(17(21)23)11-5-6-19-7-14(11)24-16/h1-4,9,13,19,22H,5-8H2/t13-/m1/s1. The Bertz CT molecular complexity index is 966. The molecule has 3 aromatic rings. The molecule has 0 bridgehead atoms. The van der Waals surface area contributed by atoms with Crippen LogP contribution in [0.3, 0.4) is 0 Å². The molecule has 0 radical (unpaired) electrons. The highest BCUT2D eigenvalue weighted by Gasteiger charge is 2.21. The van der Waals surface area contributed by atoms with Gasteiger partial charge in [-0.15, -0.1) is 11.3 Å². The lowest BCUT2D eigenvalue weighted by atomic mass is 10.1. The number of benzene rings is 1. The number of nitrogens with zero attached hydrogens (tertiary/aromatic N) is 2. The van der Waals surface area contributed by atoms with Crippen molar-refractivity contribution in [2.45, 2.75) is 25.6 Å². The summed E-state index contributed by atoms with van der Waals surface area (Å²) in [4.78, 5) is 19.3. The van der Waals surface area contributed by atoms with Gasteiger partial charge in [-0.3, -0.25) is 9.36 Å². The Morgan fingerprint density at radius 3 is 3.08 bits per heavy atom. The molecule has 7 heteroatoms. The summed E-state index contributed by atoms with van der Waals surface area (Å²) in [6.45, 7) is 1.79. The molecule has 1 atom stereocenters. The number of nitrogens with one attached hydrogen (secondary N) is 1. The lowest BCUT2D eigenvalue weighted by molar-refractivity contribution is 0.155.